The second-order valence-electron chi connectivity index (χ2n) is 4.95. The van der Waals surface area contributed by atoms with Gasteiger partial charge in [0.05, 0.1) is 6.61 Å². The average molecular weight is 305 g/mol. The Labute approximate surface area is 127 Å². The van der Waals surface area contributed by atoms with E-state index < -0.39 is 10.8 Å². The van der Waals surface area contributed by atoms with Crippen molar-refractivity contribution in [3.8, 4) is 11.8 Å². The van der Waals surface area contributed by atoms with Crippen molar-refractivity contribution < 1.29 is 14.1 Å². The minimum absolute atomic E-state index is 0.0379. The molecule has 2 N–H and O–H groups in total. The zero-order valence-corrected chi connectivity index (χ0v) is 12.6. The van der Waals surface area contributed by atoms with Crippen molar-refractivity contribution in [3.05, 3.63) is 35.4 Å². The van der Waals surface area contributed by atoms with Crippen LogP contribution in [0.2, 0.25) is 0 Å². The van der Waals surface area contributed by atoms with E-state index in [-0.39, 0.29) is 18.6 Å². The van der Waals surface area contributed by atoms with Gasteiger partial charge in [-0.2, -0.15) is 0 Å². The Morgan fingerprint density at radius 3 is 2.86 bits per heavy atom. The van der Waals surface area contributed by atoms with Gasteiger partial charge in [-0.15, -0.1) is 0 Å². The maximum Gasteiger partial charge on any atom is 0.251 e. The van der Waals surface area contributed by atoms with Crippen LogP contribution in [-0.4, -0.2) is 39.4 Å². The van der Waals surface area contributed by atoms with Gasteiger partial charge in [-0.3, -0.25) is 9.00 Å². The maximum atomic E-state index is 12.2. The molecule has 112 valence electrons. The summed E-state index contributed by atoms with van der Waals surface area (Å²) in [5.41, 5.74) is 1.35. The zero-order chi connectivity index (χ0) is 15.1. The average Bonchev–Trinajstić information content (AvgIpc) is 2.50. The summed E-state index contributed by atoms with van der Waals surface area (Å²) >= 11 is 0. The number of aliphatic hydroxyl groups is 1. The molecule has 0 aromatic heterocycles. The highest BCUT2D eigenvalue weighted by Crippen LogP contribution is 2.11. The molecule has 0 unspecified atom stereocenters. The number of aliphatic hydroxyl groups excluding tert-OH is 1. The molecule has 0 aliphatic carbocycles. The van der Waals surface area contributed by atoms with Gasteiger partial charge in [0.1, 0.15) is 0 Å². The monoisotopic (exact) mass is 305 g/mol. The zero-order valence-electron chi connectivity index (χ0n) is 11.8. The van der Waals surface area contributed by atoms with Gasteiger partial charge in [-0.1, -0.05) is 17.9 Å². The minimum atomic E-state index is -0.719. The number of carbonyl (C=O) groups is 1. The highest BCUT2D eigenvalue weighted by atomic mass is 32.2. The van der Waals surface area contributed by atoms with E-state index in [1.165, 1.54) is 0 Å². The van der Waals surface area contributed by atoms with Gasteiger partial charge < -0.3 is 10.4 Å². The van der Waals surface area contributed by atoms with E-state index in [0.29, 0.717) is 23.5 Å². The molecule has 2 rings (SSSR count). The van der Waals surface area contributed by atoms with Crippen molar-refractivity contribution in [3.63, 3.8) is 0 Å². The summed E-state index contributed by atoms with van der Waals surface area (Å²) < 4.78 is 11.3. The van der Waals surface area contributed by atoms with E-state index in [9.17, 15) is 9.00 Å². The third kappa shape index (κ3) is 5.00. The number of nitrogens with one attached hydrogen (secondary N) is 1. The van der Waals surface area contributed by atoms with Crippen LogP contribution in [0, 0.1) is 11.8 Å². The fourth-order valence-corrected chi connectivity index (χ4v) is 3.46. The molecule has 5 heteroatoms. The van der Waals surface area contributed by atoms with Gasteiger partial charge in [-0.25, -0.2) is 0 Å². The first-order valence-electron chi connectivity index (χ1n) is 7.04. The van der Waals surface area contributed by atoms with Crippen molar-refractivity contribution >= 4 is 16.7 Å². The summed E-state index contributed by atoms with van der Waals surface area (Å²) in [6.45, 7) is 0.0379. The van der Waals surface area contributed by atoms with Gasteiger partial charge in [0.2, 0.25) is 0 Å². The summed E-state index contributed by atoms with van der Waals surface area (Å²) in [5.74, 6) is 6.97. The highest BCUT2D eigenvalue weighted by Gasteiger charge is 2.20. The Bertz CT molecular complexity index is 579. The van der Waals surface area contributed by atoms with E-state index in [0.717, 1.165) is 18.4 Å². The van der Waals surface area contributed by atoms with Crippen LogP contribution in [0.1, 0.15) is 35.2 Å². The standard InChI is InChI=1S/C16H19NO3S/c18-9-2-1-4-13-5-3-6-14(12-13)16(19)17-15-7-10-21(20)11-8-15/h3,5-6,12,15,18H,2,7-11H2,(H,17,19). The largest absolute Gasteiger partial charge is 0.395 e. The number of benzene rings is 1. The number of rotatable bonds is 3. The molecular formula is C16H19NO3S. The molecule has 1 amide bonds. The summed E-state index contributed by atoms with van der Waals surface area (Å²) in [5, 5.41) is 11.7. The molecule has 1 aromatic rings. The van der Waals surface area contributed by atoms with Crippen LogP contribution in [0.3, 0.4) is 0 Å². The second kappa shape index (κ2) is 7.96. The molecule has 4 nitrogen and oxygen atoms in total. The quantitative estimate of drug-likeness (QED) is 0.821. The van der Waals surface area contributed by atoms with E-state index in [4.69, 9.17) is 5.11 Å². The summed E-state index contributed by atoms with van der Waals surface area (Å²) in [6, 6.07) is 7.26. The summed E-state index contributed by atoms with van der Waals surface area (Å²) in [6.07, 6.45) is 1.97. The second-order valence-corrected chi connectivity index (χ2v) is 6.65. The molecule has 1 aliphatic rings. The summed E-state index contributed by atoms with van der Waals surface area (Å²) in [4.78, 5) is 12.2. The van der Waals surface area contributed by atoms with E-state index in [1.807, 2.05) is 6.07 Å². The van der Waals surface area contributed by atoms with E-state index in [2.05, 4.69) is 17.2 Å². The first-order valence-corrected chi connectivity index (χ1v) is 8.53. The van der Waals surface area contributed by atoms with Gasteiger partial charge >= 0.3 is 0 Å². The topological polar surface area (TPSA) is 66.4 Å². The summed E-state index contributed by atoms with van der Waals surface area (Å²) in [7, 11) is -0.719. The predicted molar refractivity (Wildman–Crippen MR) is 83.4 cm³/mol. The molecule has 0 bridgehead atoms. The van der Waals surface area contributed by atoms with Crippen LogP contribution in [0.25, 0.3) is 0 Å². The number of hydrogen-bond donors (Lipinski definition) is 2. The molecule has 0 spiro atoms. The molecule has 1 saturated heterocycles. The van der Waals surface area contributed by atoms with Crippen molar-refractivity contribution in [1.82, 2.24) is 5.32 Å². The van der Waals surface area contributed by atoms with Crippen molar-refractivity contribution in [2.75, 3.05) is 18.1 Å². The molecule has 1 heterocycles. The normalized spacial score (nSPS) is 21.2. The van der Waals surface area contributed by atoms with E-state index in [1.54, 1.807) is 18.2 Å². The first-order chi connectivity index (χ1) is 10.2. The Balaban J connectivity index is 1.98. The van der Waals surface area contributed by atoms with E-state index >= 15 is 0 Å². The van der Waals surface area contributed by atoms with Gasteiger partial charge in [0.15, 0.2) is 0 Å². The molecule has 1 fully saturated rings. The SMILES string of the molecule is O=C(NC1CCS(=O)CC1)c1cccc(C#CCCO)c1. The minimum Gasteiger partial charge on any atom is -0.395 e. The number of amides is 1. The molecule has 1 aromatic carbocycles. The van der Waals surface area contributed by atoms with Gasteiger partial charge in [0, 0.05) is 45.9 Å². The van der Waals surface area contributed by atoms with Crippen LogP contribution in [0.5, 0.6) is 0 Å². The Hall–Kier alpha value is -1.64. The Morgan fingerprint density at radius 2 is 2.14 bits per heavy atom. The van der Waals surface area contributed by atoms with Crippen LogP contribution in [0.4, 0.5) is 0 Å². The third-order valence-electron chi connectivity index (χ3n) is 3.32. The molecule has 0 saturated carbocycles. The lowest BCUT2D eigenvalue weighted by molar-refractivity contribution is 0.0934. The molecular weight excluding hydrogens is 286 g/mol. The fourth-order valence-electron chi connectivity index (χ4n) is 2.17. The lowest BCUT2D eigenvalue weighted by Crippen LogP contribution is -2.39. The first kappa shape index (κ1) is 15.7. The van der Waals surface area contributed by atoms with Gasteiger partial charge in [0.25, 0.3) is 5.91 Å². The Morgan fingerprint density at radius 1 is 1.38 bits per heavy atom. The van der Waals surface area contributed by atoms with Gasteiger partial charge in [-0.05, 0) is 31.0 Å². The number of carbonyl (C=O) groups excluding carboxylic acids is 1. The fraction of sp³-hybridized carbons (Fsp3) is 0.438. The van der Waals surface area contributed by atoms with Crippen molar-refractivity contribution in [1.29, 1.82) is 0 Å². The molecule has 0 atom stereocenters. The molecule has 1 aliphatic heterocycles. The highest BCUT2D eigenvalue weighted by molar-refractivity contribution is 7.85. The maximum absolute atomic E-state index is 12.2. The molecule has 21 heavy (non-hydrogen) atoms. The predicted octanol–water partition coefficient (Wildman–Crippen LogP) is 1.06. The van der Waals surface area contributed by atoms with Crippen LogP contribution < -0.4 is 5.32 Å². The lowest BCUT2D eigenvalue weighted by atomic mass is 10.1. The number of hydrogen-bond acceptors (Lipinski definition) is 3. The lowest BCUT2D eigenvalue weighted by Gasteiger charge is -2.22. The van der Waals surface area contributed by atoms with Crippen molar-refractivity contribution in [2.24, 2.45) is 0 Å². The molecule has 0 radical (unpaired) electrons. The third-order valence-corrected chi connectivity index (χ3v) is 4.70. The smallest absolute Gasteiger partial charge is 0.251 e. The van der Waals surface area contributed by atoms with Crippen LogP contribution in [-0.2, 0) is 10.8 Å². The Kier molecular flexibility index (Phi) is 5.97. The van der Waals surface area contributed by atoms with Crippen LogP contribution >= 0.6 is 0 Å². The van der Waals surface area contributed by atoms with Crippen molar-refractivity contribution in [2.45, 2.75) is 25.3 Å². The van der Waals surface area contributed by atoms with Crippen LogP contribution in [0.15, 0.2) is 24.3 Å².